The number of nitrogens with one attached hydrogen (secondary N) is 1. The number of hydrogen-bond acceptors (Lipinski definition) is 8. The Kier molecular flexibility index (Phi) is 14.1. The molecule has 0 aliphatic heterocycles. The molecule has 164 valence electrons. The highest BCUT2D eigenvalue weighted by molar-refractivity contribution is 8.11. The summed E-state index contributed by atoms with van der Waals surface area (Å²) in [7, 11) is 0. The van der Waals surface area contributed by atoms with E-state index < -0.39 is 0 Å². The molecule has 0 spiro atoms. The van der Waals surface area contributed by atoms with Gasteiger partial charge in [-0.25, -0.2) is 4.99 Å². The van der Waals surface area contributed by atoms with E-state index in [0.29, 0.717) is 17.3 Å². The minimum Gasteiger partial charge on any atom is -0.402 e. The van der Waals surface area contributed by atoms with Crippen molar-refractivity contribution in [2.75, 3.05) is 6.26 Å². The standard InChI is InChI=1S/C20H26N4O2S.CH5NS/c1-7-22-19(24-20(25)12-14(3)21)9-8-13(2)15(4)16(5)27-17(6)18-10-11-23-26-18;1-3-2/h7-12H,6,21H2,1-5H3,(H,24,25);2H2,1H3/b13-8+,14-12+,16-15+,19-9+,22-7-;. The second-order valence-electron chi connectivity index (χ2n) is 5.99. The van der Waals surface area contributed by atoms with Gasteiger partial charge in [-0.1, -0.05) is 41.5 Å². The van der Waals surface area contributed by atoms with Gasteiger partial charge in [0.15, 0.2) is 5.76 Å². The topological polar surface area (TPSA) is 120 Å². The van der Waals surface area contributed by atoms with Gasteiger partial charge in [-0.15, -0.1) is 0 Å². The van der Waals surface area contributed by atoms with E-state index in [1.54, 1.807) is 38.4 Å². The lowest BCUT2D eigenvalue weighted by Crippen LogP contribution is -2.20. The van der Waals surface area contributed by atoms with Crippen LogP contribution in [-0.4, -0.2) is 23.5 Å². The summed E-state index contributed by atoms with van der Waals surface area (Å²) >= 11 is 2.77. The number of carbonyl (C=O) groups is 1. The van der Waals surface area contributed by atoms with Crippen molar-refractivity contribution in [2.45, 2.75) is 34.6 Å². The van der Waals surface area contributed by atoms with E-state index in [4.69, 9.17) is 15.4 Å². The van der Waals surface area contributed by atoms with Crippen molar-refractivity contribution in [2.24, 2.45) is 15.9 Å². The summed E-state index contributed by atoms with van der Waals surface area (Å²) in [4.78, 5) is 17.9. The molecular weight excluding hydrogens is 418 g/mol. The van der Waals surface area contributed by atoms with E-state index in [0.717, 1.165) is 21.0 Å². The Hall–Kier alpha value is -2.49. The molecule has 0 atom stereocenters. The average Bonchev–Trinajstić information content (AvgIpc) is 3.20. The summed E-state index contributed by atoms with van der Waals surface area (Å²) in [6.45, 7) is 13.5. The summed E-state index contributed by atoms with van der Waals surface area (Å²) in [5.41, 5.74) is 8.08. The highest BCUT2D eigenvalue weighted by Crippen LogP contribution is 2.34. The molecule has 0 bridgehead atoms. The van der Waals surface area contributed by atoms with Crippen LogP contribution in [0.5, 0.6) is 0 Å². The van der Waals surface area contributed by atoms with Crippen molar-refractivity contribution >= 4 is 40.7 Å². The fourth-order valence-corrected chi connectivity index (χ4v) is 2.79. The van der Waals surface area contributed by atoms with Gasteiger partial charge in [-0.2, -0.15) is 0 Å². The molecule has 0 aliphatic carbocycles. The zero-order valence-corrected chi connectivity index (χ0v) is 20.0. The van der Waals surface area contributed by atoms with E-state index in [1.165, 1.54) is 29.8 Å². The van der Waals surface area contributed by atoms with Crippen molar-refractivity contribution in [3.05, 3.63) is 70.4 Å². The average molecular weight is 450 g/mol. The highest BCUT2D eigenvalue weighted by Gasteiger charge is 2.08. The summed E-state index contributed by atoms with van der Waals surface area (Å²) in [6, 6.07) is 1.78. The van der Waals surface area contributed by atoms with Crippen LogP contribution in [0.2, 0.25) is 0 Å². The van der Waals surface area contributed by atoms with E-state index in [2.05, 4.69) is 22.0 Å². The Balaban J connectivity index is 0.00000263. The molecule has 0 saturated carbocycles. The molecule has 1 amide bonds. The Morgan fingerprint density at radius 1 is 1.30 bits per heavy atom. The first-order valence-corrected chi connectivity index (χ1v) is 11.1. The predicted molar refractivity (Wildman–Crippen MR) is 131 cm³/mol. The van der Waals surface area contributed by atoms with Crippen LogP contribution in [-0.2, 0) is 4.79 Å². The smallest absolute Gasteiger partial charge is 0.251 e. The third-order valence-corrected chi connectivity index (χ3v) is 4.54. The summed E-state index contributed by atoms with van der Waals surface area (Å²) in [5, 5.41) is 11.2. The molecule has 1 heterocycles. The SMILES string of the molecule is C=C(S/C(C)=C(C)/C(C)=C/C=C(\N=C/C)NC(=O)/C=C(\C)N)c1ccno1.CSN. The third-order valence-electron chi connectivity index (χ3n) is 3.48. The summed E-state index contributed by atoms with van der Waals surface area (Å²) in [6.07, 6.45) is 9.99. The fourth-order valence-electron chi connectivity index (χ4n) is 1.90. The monoisotopic (exact) mass is 449 g/mol. The van der Waals surface area contributed by atoms with Gasteiger partial charge in [-0.3, -0.25) is 9.93 Å². The second-order valence-corrected chi connectivity index (χ2v) is 7.77. The van der Waals surface area contributed by atoms with E-state index in [9.17, 15) is 4.79 Å². The van der Waals surface area contributed by atoms with Crippen LogP contribution in [0.3, 0.4) is 0 Å². The van der Waals surface area contributed by atoms with Crippen LogP contribution in [0.1, 0.15) is 40.4 Å². The normalized spacial score (nSPS) is 13.5. The van der Waals surface area contributed by atoms with Gasteiger partial charge in [0.05, 0.1) is 11.1 Å². The first-order chi connectivity index (χ1) is 14.2. The molecule has 1 aromatic rings. The highest BCUT2D eigenvalue weighted by atomic mass is 32.2. The molecule has 1 aromatic heterocycles. The largest absolute Gasteiger partial charge is 0.402 e. The van der Waals surface area contributed by atoms with E-state index in [1.807, 2.05) is 33.1 Å². The molecule has 0 aromatic carbocycles. The Morgan fingerprint density at radius 2 is 1.93 bits per heavy atom. The predicted octanol–water partition coefficient (Wildman–Crippen LogP) is 4.75. The van der Waals surface area contributed by atoms with Crippen molar-refractivity contribution < 1.29 is 9.32 Å². The molecular formula is C21H31N5O2S2. The van der Waals surface area contributed by atoms with Crippen LogP contribution >= 0.6 is 23.7 Å². The number of thioether (sulfide) groups is 1. The number of hydrogen-bond donors (Lipinski definition) is 3. The quantitative estimate of drug-likeness (QED) is 0.227. The lowest BCUT2D eigenvalue weighted by molar-refractivity contribution is -0.115. The van der Waals surface area contributed by atoms with Crippen LogP contribution in [0, 0.1) is 0 Å². The maximum absolute atomic E-state index is 11.8. The van der Waals surface area contributed by atoms with Gasteiger partial charge in [0.1, 0.15) is 5.82 Å². The Labute approximate surface area is 187 Å². The lowest BCUT2D eigenvalue weighted by Gasteiger charge is -2.08. The minimum absolute atomic E-state index is 0.319. The molecule has 30 heavy (non-hydrogen) atoms. The maximum atomic E-state index is 11.8. The molecule has 0 unspecified atom stereocenters. The summed E-state index contributed by atoms with van der Waals surface area (Å²) < 4.78 is 5.12. The van der Waals surface area contributed by atoms with Crippen molar-refractivity contribution in [3.63, 3.8) is 0 Å². The lowest BCUT2D eigenvalue weighted by atomic mass is 10.1. The number of carbonyl (C=O) groups excluding carboxylic acids is 1. The zero-order valence-electron chi connectivity index (χ0n) is 18.4. The Bertz CT molecular complexity index is 847. The van der Waals surface area contributed by atoms with Crippen molar-refractivity contribution in [3.8, 4) is 0 Å². The van der Waals surface area contributed by atoms with Gasteiger partial charge >= 0.3 is 0 Å². The number of aromatic nitrogens is 1. The zero-order chi connectivity index (χ0) is 23.1. The number of allylic oxidation sites excluding steroid dienone is 6. The first kappa shape index (κ1) is 27.5. The van der Waals surface area contributed by atoms with Gasteiger partial charge < -0.3 is 15.6 Å². The molecule has 0 aliphatic rings. The van der Waals surface area contributed by atoms with Crippen LogP contribution < -0.4 is 16.2 Å². The van der Waals surface area contributed by atoms with Gasteiger partial charge in [-0.05, 0) is 63.0 Å². The van der Waals surface area contributed by atoms with Gasteiger partial charge in [0.2, 0.25) is 0 Å². The molecule has 5 N–H and O–H groups in total. The second kappa shape index (κ2) is 15.4. The minimum atomic E-state index is -0.319. The van der Waals surface area contributed by atoms with Crippen LogP contribution in [0.4, 0.5) is 0 Å². The van der Waals surface area contributed by atoms with Crippen molar-refractivity contribution in [1.29, 1.82) is 0 Å². The molecule has 7 nitrogen and oxygen atoms in total. The van der Waals surface area contributed by atoms with Gasteiger partial charge in [0.25, 0.3) is 5.91 Å². The molecule has 0 fully saturated rings. The number of aliphatic imine (C=N–C) groups is 1. The fraction of sp³-hybridized carbons (Fsp3) is 0.286. The van der Waals surface area contributed by atoms with Crippen LogP contribution in [0.25, 0.3) is 4.91 Å². The molecule has 1 rings (SSSR count). The van der Waals surface area contributed by atoms with E-state index >= 15 is 0 Å². The van der Waals surface area contributed by atoms with Crippen molar-refractivity contribution in [1.82, 2.24) is 10.5 Å². The Morgan fingerprint density at radius 3 is 2.43 bits per heavy atom. The molecule has 9 heteroatoms. The number of rotatable bonds is 8. The molecule has 0 radical (unpaired) electrons. The summed E-state index contributed by atoms with van der Waals surface area (Å²) in [5.74, 6) is 0.767. The number of nitrogens with zero attached hydrogens (tertiary/aromatic N) is 2. The molecule has 0 saturated heterocycles. The van der Waals surface area contributed by atoms with Gasteiger partial charge in [0, 0.05) is 24.1 Å². The maximum Gasteiger partial charge on any atom is 0.251 e. The number of amides is 1. The van der Waals surface area contributed by atoms with Crippen LogP contribution in [0.15, 0.2) is 74.2 Å². The number of nitrogens with two attached hydrogens (primary N) is 2. The van der Waals surface area contributed by atoms with E-state index in [-0.39, 0.29) is 5.91 Å². The third kappa shape index (κ3) is 11.5. The first-order valence-electron chi connectivity index (χ1n) is 8.96.